The molecule has 4 nitrogen and oxygen atoms in total. The van der Waals surface area contributed by atoms with Crippen LogP contribution < -0.4 is 4.74 Å². The average molecular weight is 342 g/mol. The van der Waals surface area contributed by atoms with Crippen LogP contribution in [0.4, 0.5) is 0 Å². The van der Waals surface area contributed by atoms with Gasteiger partial charge in [-0.05, 0) is 43.7 Å². The first-order chi connectivity index (χ1) is 9.70. The lowest BCUT2D eigenvalue weighted by Crippen LogP contribution is -2.46. The summed E-state index contributed by atoms with van der Waals surface area (Å²) in [5, 5.41) is 0. The van der Waals surface area contributed by atoms with E-state index in [1.165, 1.54) is 7.11 Å². The van der Waals surface area contributed by atoms with Gasteiger partial charge in [0.1, 0.15) is 18.4 Å². The molecule has 0 bridgehead atoms. The summed E-state index contributed by atoms with van der Waals surface area (Å²) in [5.74, 6) is 0.716. The van der Waals surface area contributed by atoms with Crippen LogP contribution in [-0.4, -0.2) is 43.7 Å². The number of rotatable bonds is 5. The third-order valence-electron chi connectivity index (χ3n) is 3.55. The molecule has 1 saturated heterocycles. The number of halogens is 1. The van der Waals surface area contributed by atoms with Gasteiger partial charge in [-0.3, -0.25) is 9.69 Å². The Morgan fingerprint density at radius 3 is 2.80 bits per heavy atom. The minimum atomic E-state index is -0.131. The fourth-order valence-electron chi connectivity index (χ4n) is 2.47. The molecule has 0 aromatic heterocycles. The smallest absolute Gasteiger partial charge is 0.323 e. The summed E-state index contributed by atoms with van der Waals surface area (Å²) in [6.45, 7) is 2.26. The van der Waals surface area contributed by atoms with Gasteiger partial charge in [-0.1, -0.05) is 22.4 Å². The molecule has 1 heterocycles. The van der Waals surface area contributed by atoms with Crippen LogP contribution in [0.5, 0.6) is 5.75 Å². The van der Waals surface area contributed by atoms with Crippen LogP contribution >= 0.6 is 15.9 Å². The summed E-state index contributed by atoms with van der Waals surface area (Å²) in [6.07, 6.45) is 3.10. The van der Waals surface area contributed by atoms with Gasteiger partial charge in [-0.2, -0.15) is 0 Å². The number of carbonyl (C=O) groups is 1. The van der Waals surface area contributed by atoms with E-state index in [0.717, 1.165) is 42.6 Å². The van der Waals surface area contributed by atoms with E-state index in [4.69, 9.17) is 9.47 Å². The van der Waals surface area contributed by atoms with E-state index in [1.54, 1.807) is 0 Å². The van der Waals surface area contributed by atoms with E-state index in [2.05, 4.69) is 20.8 Å². The minimum Gasteiger partial charge on any atom is -0.492 e. The maximum absolute atomic E-state index is 11.7. The minimum absolute atomic E-state index is 0.109. The number of methoxy groups -OCH3 is 1. The maximum Gasteiger partial charge on any atom is 0.323 e. The quantitative estimate of drug-likeness (QED) is 0.772. The molecule has 5 heteroatoms. The summed E-state index contributed by atoms with van der Waals surface area (Å²) in [7, 11) is 1.45. The topological polar surface area (TPSA) is 38.8 Å². The van der Waals surface area contributed by atoms with Crippen molar-refractivity contribution in [3.05, 3.63) is 28.7 Å². The molecule has 0 N–H and O–H groups in total. The van der Waals surface area contributed by atoms with E-state index in [9.17, 15) is 4.79 Å². The molecule has 0 spiro atoms. The molecule has 110 valence electrons. The van der Waals surface area contributed by atoms with Crippen molar-refractivity contribution in [1.82, 2.24) is 4.90 Å². The lowest BCUT2D eigenvalue weighted by molar-refractivity contribution is -0.148. The van der Waals surface area contributed by atoms with E-state index in [1.807, 2.05) is 24.3 Å². The molecule has 0 amide bonds. The maximum atomic E-state index is 11.7. The van der Waals surface area contributed by atoms with E-state index >= 15 is 0 Å². The van der Waals surface area contributed by atoms with Crippen LogP contribution in [0.25, 0.3) is 0 Å². The number of likely N-dealkylation sites (tertiary alicyclic amines) is 1. The summed E-state index contributed by atoms with van der Waals surface area (Å²) >= 11 is 3.39. The first-order valence-electron chi connectivity index (χ1n) is 6.91. The molecule has 1 fully saturated rings. The van der Waals surface area contributed by atoms with Gasteiger partial charge in [-0.25, -0.2) is 0 Å². The van der Waals surface area contributed by atoms with E-state index in [0.29, 0.717) is 6.61 Å². The molecule has 1 aliphatic heterocycles. The number of carbonyl (C=O) groups excluding carboxylic acids is 1. The third-order valence-corrected chi connectivity index (χ3v) is 4.08. The number of hydrogen-bond donors (Lipinski definition) is 0. The summed E-state index contributed by atoms with van der Waals surface area (Å²) in [4.78, 5) is 13.9. The lowest BCUT2D eigenvalue weighted by Gasteiger charge is -2.33. The van der Waals surface area contributed by atoms with Gasteiger partial charge in [0, 0.05) is 11.0 Å². The predicted molar refractivity (Wildman–Crippen MR) is 80.9 cm³/mol. The molecule has 0 saturated carbocycles. The Bertz CT molecular complexity index is 435. The van der Waals surface area contributed by atoms with Crippen molar-refractivity contribution < 1.29 is 14.3 Å². The van der Waals surface area contributed by atoms with Gasteiger partial charge < -0.3 is 9.47 Å². The summed E-state index contributed by atoms with van der Waals surface area (Å²) in [5.41, 5.74) is 0. The highest BCUT2D eigenvalue weighted by atomic mass is 79.9. The van der Waals surface area contributed by atoms with Gasteiger partial charge in [-0.15, -0.1) is 0 Å². The molecule has 20 heavy (non-hydrogen) atoms. The largest absolute Gasteiger partial charge is 0.492 e. The summed E-state index contributed by atoms with van der Waals surface area (Å²) < 4.78 is 11.6. The Morgan fingerprint density at radius 2 is 2.10 bits per heavy atom. The molecule has 1 unspecified atom stereocenters. The van der Waals surface area contributed by atoms with Crippen LogP contribution in [0.15, 0.2) is 28.7 Å². The third kappa shape index (κ3) is 4.21. The SMILES string of the molecule is COC(=O)C1CCCCN1CCOc1ccc(Br)cc1. The standard InChI is InChI=1S/C15H20BrNO3/c1-19-15(18)14-4-2-3-9-17(14)10-11-20-13-7-5-12(16)6-8-13/h5-8,14H,2-4,9-11H2,1H3. The molecule has 0 aliphatic carbocycles. The van der Waals surface area contributed by atoms with Gasteiger partial charge in [0.2, 0.25) is 0 Å². The second kappa shape index (κ2) is 7.64. The number of hydrogen-bond acceptors (Lipinski definition) is 4. The van der Waals surface area contributed by atoms with Crippen molar-refractivity contribution in [2.45, 2.75) is 25.3 Å². The molecule has 1 aliphatic rings. The van der Waals surface area contributed by atoms with E-state index < -0.39 is 0 Å². The van der Waals surface area contributed by atoms with Crippen molar-refractivity contribution >= 4 is 21.9 Å². The average Bonchev–Trinajstić information content (AvgIpc) is 2.49. The van der Waals surface area contributed by atoms with Gasteiger partial charge in [0.25, 0.3) is 0 Å². The zero-order valence-corrected chi connectivity index (χ0v) is 13.3. The van der Waals surface area contributed by atoms with Crippen LogP contribution in [0.1, 0.15) is 19.3 Å². The zero-order valence-electron chi connectivity index (χ0n) is 11.7. The fraction of sp³-hybridized carbons (Fsp3) is 0.533. The monoisotopic (exact) mass is 341 g/mol. The lowest BCUT2D eigenvalue weighted by atomic mass is 10.0. The normalized spacial score (nSPS) is 19.6. The fourth-order valence-corrected chi connectivity index (χ4v) is 2.74. The number of piperidine rings is 1. The van der Waals surface area contributed by atoms with Crippen molar-refractivity contribution in [1.29, 1.82) is 0 Å². The number of esters is 1. The van der Waals surface area contributed by atoms with E-state index in [-0.39, 0.29) is 12.0 Å². The molecule has 1 aromatic carbocycles. The Morgan fingerprint density at radius 1 is 1.35 bits per heavy atom. The van der Waals surface area contributed by atoms with Crippen LogP contribution in [0, 0.1) is 0 Å². The van der Waals surface area contributed by atoms with Gasteiger partial charge in [0.05, 0.1) is 7.11 Å². The number of benzene rings is 1. The van der Waals surface area contributed by atoms with Crippen molar-refractivity contribution in [2.24, 2.45) is 0 Å². The second-order valence-corrected chi connectivity index (χ2v) is 5.79. The Labute approximate surface area is 128 Å². The van der Waals surface area contributed by atoms with Crippen LogP contribution in [-0.2, 0) is 9.53 Å². The first-order valence-corrected chi connectivity index (χ1v) is 7.70. The van der Waals surface area contributed by atoms with Gasteiger partial charge in [0.15, 0.2) is 0 Å². The van der Waals surface area contributed by atoms with Crippen molar-refractivity contribution in [3.63, 3.8) is 0 Å². The number of nitrogens with zero attached hydrogens (tertiary/aromatic N) is 1. The molecular weight excluding hydrogens is 322 g/mol. The van der Waals surface area contributed by atoms with Crippen molar-refractivity contribution in [3.8, 4) is 5.75 Å². The molecule has 0 radical (unpaired) electrons. The highest BCUT2D eigenvalue weighted by molar-refractivity contribution is 9.10. The Hall–Kier alpha value is -1.07. The Kier molecular flexibility index (Phi) is 5.86. The number of ether oxygens (including phenoxy) is 2. The second-order valence-electron chi connectivity index (χ2n) is 4.87. The highest BCUT2D eigenvalue weighted by Crippen LogP contribution is 2.19. The Balaban J connectivity index is 1.82. The molecule has 2 rings (SSSR count). The molecule has 1 aromatic rings. The first kappa shape index (κ1) is 15.3. The molecule has 1 atom stereocenters. The summed E-state index contributed by atoms with van der Waals surface area (Å²) in [6, 6.07) is 7.65. The molecular formula is C15H20BrNO3. The predicted octanol–water partition coefficient (Wildman–Crippen LogP) is 2.86. The van der Waals surface area contributed by atoms with Crippen molar-refractivity contribution in [2.75, 3.05) is 26.8 Å². The zero-order chi connectivity index (χ0) is 14.4. The highest BCUT2D eigenvalue weighted by Gasteiger charge is 2.28. The van der Waals surface area contributed by atoms with Gasteiger partial charge >= 0.3 is 5.97 Å². The van der Waals surface area contributed by atoms with Crippen LogP contribution in [0.3, 0.4) is 0 Å². The van der Waals surface area contributed by atoms with Crippen LogP contribution in [0.2, 0.25) is 0 Å².